The van der Waals surface area contributed by atoms with E-state index in [0.717, 1.165) is 81.1 Å². The molecule has 3 aromatic carbocycles. The van der Waals surface area contributed by atoms with Crippen LogP contribution < -0.4 is 15.0 Å². The molecule has 2 amide bonds. The van der Waals surface area contributed by atoms with Gasteiger partial charge in [-0.2, -0.15) is 0 Å². The first-order valence-electron chi connectivity index (χ1n) is 17.4. The van der Waals surface area contributed by atoms with E-state index in [1.54, 1.807) is 25.3 Å². The third kappa shape index (κ3) is 7.89. The molecule has 1 unspecified atom stereocenters. The number of halogens is 2. The Morgan fingerprint density at radius 2 is 1.80 bits per heavy atom. The highest BCUT2D eigenvalue weighted by molar-refractivity contribution is 6.42. The van der Waals surface area contributed by atoms with Gasteiger partial charge in [0.2, 0.25) is 11.9 Å². The number of imidazole rings is 1. The Hall–Kier alpha value is -3.83. The van der Waals surface area contributed by atoms with E-state index in [0.29, 0.717) is 53.3 Å². The molecule has 0 aliphatic carbocycles. The van der Waals surface area contributed by atoms with Crippen molar-refractivity contribution in [1.29, 1.82) is 0 Å². The van der Waals surface area contributed by atoms with Gasteiger partial charge in [0.25, 0.3) is 5.91 Å². The molecule has 1 aromatic heterocycles. The molecule has 0 saturated carbocycles. The van der Waals surface area contributed by atoms with E-state index in [1.165, 1.54) is 6.92 Å². The number of carbonyl (C=O) groups excluding carboxylic acids is 2. The molecule has 1 atom stereocenters. The molecular weight excluding hydrogens is 675 g/mol. The quantitative estimate of drug-likeness (QED) is 0.162. The highest BCUT2D eigenvalue weighted by Crippen LogP contribution is 2.41. The first kappa shape index (κ1) is 36.0. The Morgan fingerprint density at radius 3 is 2.58 bits per heavy atom. The lowest BCUT2D eigenvalue weighted by Gasteiger charge is -2.33. The van der Waals surface area contributed by atoms with E-state index >= 15 is 0 Å². The molecule has 266 valence electrons. The van der Waals surface area contributed by atoms with Gasteiger partial charge in [-0.15, -0.1) is 0 Å². The zero-order valence-corrected chi connectivity index (χ0v) is 30.6. The largest absolute Gasteiger partial charge is 0.496 e. The molecule has 2 saturated heterocycles. The molecule has 1 N–H and O–H groups in total. The van der Waals surface area contributed by atoms with Gasteiger partial charge >= 0.3 is 0 Å². The molecule has 50 heavy (non-hydrogen) atoms. The zero-order chi connectivity index (χ0) is 35.3. The maximum atomic E-state index is 14.1. The van der Waals surface area contributed by atoms with Crippen molar-refractivity contribution < 1.29 is 19.1 Å². The van der Waals surface area contributed by atoms with E-state index in [2.05, 4.69) is 43.9 Å². The van der Waals surface area contributed by atoms with E-state index < -0.39 is 0 Å². The molecule has 10 nitrogen and oxygen atoms in total. The van der Waals surface area contributed by atoms with Crippen molar-refractivity contribution >= 4 is 57.7 Å². The maximum absolute atomic E-state index is 14.1. The Kier molecular flexibility index (Phi) is 11.5. The summed E-state index contributed by atoms with van der Waals surface area (Å²) in [5, 5.41) is 3.80. The van der Waals surface area contributed by atoms with Gasteiger partial charge in [-0.1, -0.05) is 41.4 Å². The van der Waals surface area contributed by atoms with E-state index in [1.807, 2.05) is 30.0 Å². The van der Waals surface area contributed by atoms with Crippen molar-refractivity contribution in [2.45, 2.75) is 45.1 Å². The van der Waals surface area contributed by atoms with Crippen LogP contribution in [0.15, 0.2) is 60.7 Å². The summed E-state index contributed by atoms with van der Waals surface area (Å²) < 4.78 is 13.6. The molecule has 0 bridgehead atoms. The number of hydrogen-bond acceptors (Lipinski definition) is 7. The minimum atomic E-state index is -0.314. The lowest BCUT2D eigenvalue weighted by Crippen LogP contribution is -2.39. The van der Waals surface area contributed by atoms with Gasteiger partial charge in [-0.25, -0.2) is 4.98 Å². The lowest BCUT2D eigenvalue weighted by molar-refractivity contribution is -0.114. The summed E-state index contributed by atoms with van der Waals surface area (Å²) in [6.45, 7) is 11.2. The van der Waals surface area contributed by atoms with Crippen molar-refractivity contribution in [2.24, 2.45) is 0 Å². The predicted octanol–water partition coefficient (Wildman–Crippen LogP) is 6.73. The summed E-state index contributed by atoms with van der Waals surface area (Å²) >= 11 is 12.9. The molecule has 6 rings (SSSR count). The van der Waals surface area contributed by atoms with Crippen LogP contribution in [0.1, 0.15) is 49.0 Å². The number of rotatable bonds is 12. The number of amides is 2. The van der Waals surface area contributed by atoms with Crippen LogP contribution >= 0.6 is 23.2 Å². The van der Waals surface area contributed by atoms with Crippen LogP contribution in [0.3, 0.4) is 0 Å². The number of para-hydroxylation sites is 2. The number of fused-ring (bicyclic) bond motifs is 1. The van der Waals surface area contributed by atoms with Crippen molar-refractivity contribution in [3.05, 3.63) is 81.8 Å². The molecular formula is C38H46Cl2N6O4. The second kappa shape index (κ2) is 16.0. The smallest absolute Gasteiger partial charge is 0.257 e. The van der Waals surface area contributed by atoms with Gasteiger partial charge in [-0.3, -0.25) is 9.59 Å². The molecule has 2 aliphatic heterocycles. The van der Waals surface area contributed by atoms with Gasteiger partial charge in [-0.05, 0) is 87.3 Å². The van der Waals surface area contributed by atoms with Crippen molar-refractivity contribution in [2.75, 3.05) is 76.4 Å². The highest BCUT2D eigenvalue weighted by Gasteiger charge is 2.42. The number of benzene rings is 3. The monoisotopic (exact) mass is 720 g/mol. The fraction of sp³-hybridized carbons (Fsp3) is 0.447. The van der Waals surface area contributed by atoms with Gasteiger partial charge in [0, 0.05) is 63.9 Å². The summed E-state index contributed by atoms with van der Waals surface area (Å²) in [5.41, 5.74) is 3.88. The summed E-state index contributed by atoms with van der Waals surface area (Å²) in [6.07, 6.45) is 2.66. The number of methoxy groups -OCH3 is 1. The van der Waals surface area contributed by atoms with Crippen LogP contribution in [0.5, 0.6) is 5.75 Å². The number of nitrogens with one attached hydrogen (secondary N) is 1. The summed E-state index contributed by atoms with van der Waals surface area (Å²) in [4.78, 5) is 37.7. The van der Waals surface area contributed by atoms with Gasteiger partial charge in [0.1, 0.15) is 5.75 Å². The lowest BCUT2D eigenvalue weighted by atomic mass is 9.76. The highest BCUT2D eigenvalue weighted by atomic mass is 35.5. The van der Waals surface area contributed by atoms with E-state index in [9.17, 15) is 9.59 Å². The van der Waals surface area contributed by atoms with Crippen LogP contribution in [-0.4, -0.2) is 97.3 Å². The topological polar surface area (TPSA) is 92.2 Å². The number of hydrogen-bond donors (Lipinski definition) is 1. The average molecular weight is 722 g/mol. The van der Waals surface area contributed by atoms with Crippen LogP contribution in [0.25, 0.3) is 11.0 Å². The summed E-state index contributed by atoms with van der Waals surface area (Å²) in [5.74, 6) is 1.14. The zero-order valence-electron chi connectivity index (χ0n) is 29.1. The fourth-order valence-electron chi connectivity index (χ4n) is 7.37. The maximum Gasteiger partial charge on any atom is 0.257 e. The minimum Gasteiger partial charge on any atom is -0.496 e. The van der Waals surface area contributed by atoms with Crippen LogP contribution in [0.4, 0.5) is 11.6 Å². The number of likely N-dealkylation sites (tertiary alicyclic amines) is 1. The Labute approximate surface area is 304 Å². The number of anilines is 2. The molecule has 0 radical (unpaired) electrons. The van der Waals surface area contributed by atoms with Gasteiger partial charge in [0.05, 0.1) is 40.4 Å². The minimum absolute atomic E-state index is 0.131. The Bertz CT molecular complexity index is 1830. The molecule has 3 heterocycles. The van der Waals surface area contributed by atoms with Crippen molar-refractivity contribution in [3.63, 3.8) is 0 Å². The van der Waals surface area contributed by atoms with Crippen LogP contribution in [0.2, 0.25) is 10.0 Å². The molecule has 12 heteroatoms. The first-order chi connectivity index (χ1) is 24.2. The second-order valence-electron chi connectivity index (χ2n) is 13.2. The first-order valence-corrected chi connectivity index (χ1v) is 18.2. The Balaban J connectivity index is 1.19. The van der Waals surface area contributed by atoms with Crippen molar-refractivity contribution in [3.8, 4) is 5.75 Å². The normalized spacial score (nSPS) is 18.4. The predicted molar refractivity (Wildman–Crippen MR) is 200 cm³/mol. The van der Waals surface area contributed by atoms with E-state index in [4.69, 9.17) is 37.7 Å². The third-order valence-electron chi connectivity index (χ3n) is 10.00. The van der Waals surface area contributed by atoms with E-state index in [-0.39, 0.29) is 17.2 Å². The molecule has 2 aliphatic rings. The van der Waals surface area contributed by atoms with Crippen LogP contribution in [-0.2, 0) is 21.5 Å². The number of carbonyl (C=O) groups is 2. The van der Waals surface area contributed by atoms with Gasteiger partial charge in [0.15, 0.2) is 0 Å². The molecule has 4 aromatic rings. The average Bonchev–Trinajstić information content (AvgIpc) is 3.63. The summed E-state index contributed by atoms with van der Waals surface area (Å²) in [7, 11) is 1.55. The number of ether oxygens (including phenoxy) is 2. The van der Waals surface area contributed by atoms with Crippen molar-refractivity contribution in [1.82, 2.24) is 19.4 Å². The standard InChI is InChI=1S/C38H46Cl2N6O4/c1-4-50-23-22-46-34-9-6-5-8-33(34)42-37(46)44-17-7-16-43(20-21-44)18-14-38(28-10-12-31(39)32(40)24-28)15-19-45(26-38)36(48)30-25-29(41-27(2)47)11-13-35(30)49-3/h5-6,8-13,24-25H,4,7,14-23,26H2,1-3H3,(H,41,47). The Morgan fingerprint density at radius 1 is 0.960 bits per heavy atom. The fourth-order valence-corrected chi connectivity index (χ4v) is 7.67. The van der Waals surface area contributed by atoms with Gasteiger partial charge < -0.3 is 34.1 Å². The molecule has 0 spiro atoms. The second-order valence-corrected chi connectivity index (χ2v) is 14.0. The SMILES string of the molecule is CCOCCn1c(N2CCCN(CCC3(c4ccc(Cl)c(Cl)c4)CCN(C(=O)c4cc(NC(C)=O)ccc4OC)C3)CC2)nc2ccccc21. The summed E-state index contributed by atoms with van der Waals surface area (Å²) in [6, 6.07) is 19.3. The molecule has 2 fully saturated rings. The third-order valence-corrected chi connectivity index (χ3v) is 10.7. The van der Waals surface area contributed by atoms with Crippen LogP contribution in [0, 0.1) is 0 Å². The number of aromatic nitrogens is 2. The number of nitrogens with zero attached hydrogens (tertiary/aromatic N) is 5.